The molecule has 0 fully saturated rings. The summed E-state index contributed by atoms with van der Waals surface area (Å²) in [6, 6.07) is 0. The molecule has 0 bridgehead atoms. The molecule has 0 nitrogen and oxygen atoms in total. The molecule has 0 rings (SSSR count). The SMILES string of the molecule is [AlH3].[B][SiH3].[Ba+2].[H-].[H-]. The Hall–Kier alpha value is 2.39. The van der Waals surface area contributed by atoms with Crippen molar-refractivity contribution < 1.29 is 2.85 Å². The zero-order valence-corrected chi connectivity index (χ0v) is 8.73. The van der Waals surface area contributed by atoms with E-state index >= 15 is 0 Å². The summed E-state index contributed by atoms with van der Waals surface area (Å²) in [6.07, 6.45) is 0. The Kier molecular flexibility index (Phi) is 73.5. The molecule has 0 aliphatic rings. The van der Waals surface area contributed by atoms with Gasteiger partial charge < -0.3 is 2.85 Å². The number of hydrogen-bond acceptors (Lipinski definition) is 0. The topological polar surface area (TPSA) is 0 Å². The van der Waals surface area contributed by atoms with Crippen LogP contribution in [0, 0.1) is 0 Å². The van der Waals surface area contributed by atoms with Gasteiger partial charge in [-0.2, -0.15) is 0 Å². The molecule has 0 aromatic rings. The van der Waals surface area contributed by atoms with Gasteiger partial charge in [-0.1, -0.05) is 0 Å². The van der Waals surface area contributed by atoms with Gasteiger partial charge in [0.05, 0.1) is 0 Å². The molecule has 0 unspecified atom stereocenters. The Balaban J connectivity index is -0.000000000833. The van der Waals surface area contributed by atoms with Crippen LogP contribution in [0.25, 0.3) is 0 Å². The molecule has 0 amide bonds. The minimum absolute atomic E-state index is 0. The van der Waals surface area contributed by atoms with E-state index in [4.69, 9.17) is 0 Å². The van der Waals surface area contributed by atoms with Gasteiger partial charge in [0.25, 0.3) is 0 Å². The molecule has 0 aliphatic heterocycles. The van der Waals surface area contributed by atoms with E-state index in [0.29, 0.717) is 0 Å². The molecule has 2 radical (unpaired) electrons. The normalized spacial score (nSPS) is 2.00. The summed E-state index contributed by atoms with van der Waals surface area (Å²) in [6.45, 7) is 0. The quantitative estimate of drug-likeness (QED) is 0.377. The molecule has 20 valence electrons. The molecule has 0 heterocycles. The summed E-state index contributed by atoms with van der Waals surface area (Å²) in [7, 11) is 5.44. The first kappa shape index (κ1) is 16.2. The van der Waals surface area contributed by atoms with Crippen LogP contribution in [0.5, 0.6) is 0 Å². The van der Waals surface area contributed by atoms with Gasteiger partial charge in [0.2, 0.25) is 0 Å². The molecule has 0 aliphatic carbocycles. The van der Waals surface area contributed by atoms with Crippen LogP contribution in [-0.2, 0) is 0 Å². The third kappa shape index (κ3) is 8.83. The molecular weight excluding hydrogens is 203 g/mol. The van der Waals surface area contributed by atoms with Crippen LogP contribution in [0.3, 0.4) is 0 Å². The number of hydrogen-bond donors (Lipinski definition) is 0. The largest absolute Gasteiger partial charge is 2.00 e. The summed E-state index contributed by atoms with van der Waals surface area (Å²) >= 11 is 0. The van der Waals surface area contributed by atoms with Crippen LogP contribution in [-0.4, -0.2) is 83.8 Å². The number of rotatable bonds is 0. The first-order valence-electron chi connectivity index (χ1n) is 0.577. The fourth-order valence-electron chi connectivity index (χ4n) is 0. The van der Waals surface area contributed by atoms with Crippen molar-refractivity contribution in [2.75, 3.05) is 0 Å². The van der Waals surface area contributed by atoms with Crippen molar-refractivity contribution in [2.24, 2.45) is 0 Å². The average Bonchev–Trinajstić information content (AvgIpc) is 1.00. The van der Waals surface area contributed by atoms with Gasteiger partial charge in [0.1, 0.15) is 0 Å². The van der Waals surface area contributed by atoms with Crippen molar-refractivity contribution in [2.45, 2.75) is 0 Å². The summed E-state index contributed by atoms with van der Waals surface area (Å²) in [5.41, 5.74) is 0. The Labute approximate surface area is 85.1 Å². The van der Waals surface area contributed by atoms with Gasteiger partial charge >= 0.3 is 48.9 Å². The zero-order valence-electron chi connectivity index (χ0n) is 4.28. The van der Waals surface area contributed by atoms with Crippen LogP contribution >= 0.6 is 0 Å². The Morgan fingerprint density at radius 2 is 1.50 bits per heavy atom. The van der Waals surface area contributed by atoms with E-state index in [0.717, 1.165) is 10.1 Å². The molecule has 4 heteroatoms. The van der Waals surface area contributed by atoms with Crippen molar-refractivity contribution in [3.05, 3.63) is 0 Å². The van der Waals surface area contributed by atoms with Crippen LogP contribution in [0.15, 0.2) is 0 Å². The van der Waals surface area contributed by atoms with E-state index in [1.165, 1.54) is 0 Å². The molecule has 0 spiro atoms. The predicted molar refractivity (Wildman–Crippen MR) is 33.6 cm³/mol. The van der Waals surface area contributed by atoms with E-state index in [2.05, 4.69) is 7.44 Å². The van der Waals surface area contributed by atoms with Gasteiger partial charge in [-0.25, -0.2) is 0 Å². The molecule has 0 aromatic carbocycles. The first-order valence-corrected chi connectivity index (χ1v) is 1.73. The second-order valence-corrected chi connectivity index (χ2v) is 0. The summed E-state index contributed by atoms with van der Waals surface area (Å²) < 4.78 is 0. The minimum Gasteiger partial charge on any atom is -1.00 e. The molecule has 0 N–H and O–H groups in total. The maximum atomic E-state index is 4.64. The van der Waals surface area contributed by atoms with E-state index in [1.54, 1.807) is 0 Å². The molecule has 0 aromatic heterocycles. The standard InChI is InChI=1S/Al.BH3Si.Ba.5H/c;1-2;;;;;;/h;2H3;;;;;;/q;;+2;;;;2*-1. The van der Waals surface area contributed by atoms with Crippen molar-refractivity contribution >= 4 is 83.8 Å². The predicted octanol–water partition coefficient (Wildman–Crippen LogP) is -2.90. The second kappa shape index (κ2) is 18.2. The van der Waals surface area contributed by atoms with Gasteiger partial charge in [-0.3, -0.25) is 0 Å². The second-order valence-electron chi connectivity index (χ2n) is 0. The van der Waals surface area contributed by atoms with Crippen LogP contribution < -0.4 is 0 Å². The Bertz CT molecular complexity index is 13.5. The molecule has 4 heavy (non-hydrogen) atoms. The van der Waals surface area contributed by atoms with Crippen LogP contribution in [0.2, 0.25) is 0 Å². The fraction of sp³-hybridized carbons (Fsp3) is 0. The molecule has 0 saturated carbocycles. The third-order valence-corrected chi connectivity index (χ3v) is 0. The van der Waals surface area contributed by atoms with Crippen LogP contribution in [0.1, 0.15) is 2.85 Å². The molecular formula is H8AlBBaSi. The summed E-state index contributed by atoms with van der Waals surface area (Å²) in [5, 5.41) is 0. The summed E-state index contributed by atoms with van der Waals surface area (Å²) in [5.74, 6) is 0. The maximum Gasteiger partial charge on any atom is 2.00 e. The van der Waals surface area contributed by atoms with Crippen LogP contribution in [0.4, 0.5) is 0 Å². The van der Waals surface area contributed by atoms with E-state index in [9.17, 15) is 0 Å². The monoisotopic (exact) mass is 212 g/mol. The summed E-state index contributed by atoms with van der Waals surface area (Å²) in [4.78, 5) is 0. The van der Waals surface area contributed by atoms with Crippen molar-refractivity contribution in [1.82, 2.24) is 0 Å². The first-order chi connectivity index (χ1) is 1.00. The minimum atomic E-state index is 0. The molecule has 0 saturated heterocycles. The average molecular weight is 211 g/mol. The molecule has 0 atom stereocenters. The maximum absolute atomic E-state index is 4.64. The van der Waals surface area contributed by atoms with E-state index < -0.39 is 0 Å². The zero-order chi connectivity index (χ0) is 2.00. The van der Waals surface area contributed by atoms with Gasteiger partial charge in [0.15, 0.2) is 17.4 Å². The third-order valence-electron chi connectivity index (χ3n) is 0. The smallest absolute Gasteiger partial charge is 1.00 e. The van der Waals surface area contributed by atoms with Crippen molar-refractivity contribution in [3.8, 4) is 0 Å². The van der Waals surface area contributed by atoms with E-state index in [-0.39, 0.29) is 69.1 Å². The van der Waals surface area contributed by atoms with Gasteiger partial charge in [0, 0.05) is 7.44 Å². The fourth-order valence-corrected chi connectivity index (χ4v) is 0. The van der Waals surface area contributed by atoms with Crippen molar-refractivity contribution in [1.29, 1.82) is 0 Å². The van der Waals surface area contributed by atoms with Gasteiger partial charge in [-0.05, 0) is 10.1 Å². The van der Waals surface area contributed by atoms with Crippen molar-refractivity contribution in [3.63, 3.8) is 0 Å². The van der Waals surface area contributed by atoms with Gasteiger partial charge in [-0.15, -0.1) is 0 Å². The van der Waals surface area contributed by atoms with E-state index in [1.807, 2.05) is 0 Å². The Morgan fingerprint density at radius 3 is 1.50 bits per heavy atom. The Morgan fingerprint density at radius 1 is 1.50 bits per heavy atom.